The number of methoxy groups -OCH3 is 1. The summed E-state index contributed by atoms with van der Waals surface area (Å²) in [7, 11) is 1.58. The first-order valence-corrected chi connectivity index (χ1v) is 9.52. The van der Waals surface area contributed by atoms with E-state index in [1.54, 1.807) is 37.4 Å². The van der Waals surface area contributed by atoms with Crippen LogP contribution in [-0.2, 0) is 0 Å². The van der Waals surface area contributed by atoms with Crippen LogP contribution < -0.4 is 10.5 Å². The summed E-state index contributed by atoms with van der Waals surface area (Å²) >= 11 is 6.29. The number of hydrogen-bond donors (Lipinski definition) is 3. The molecule has 3 aromatic rings. The van der Waals surface area contributed by atoms with Gasteiger partial charge in [-0.3, -0.25) is 0 Å². The van der Waals surface area contributed by atoms with Crippen LogP contribution in [0.4, 0.5) is 0 Å². The van der Waals surface area contributed by atoms with E-state index in [1.807, 2.05) is 18.2 Å². The Bertz CT molecular complexity index is 1060. The normalized spacial score (nSPS) is 11.7. The van der Waals surface area contributed by atoms with Crippen LogP contribution in [0.5, 0.6) is 11.5 Å². The summed E-state index contributed by atoms with van der Waals surface area (Å²) in [4.78, 5) is 0. The number of hydrogen-bond acceptors (Lipinski definition) is 4. The average molecular weight is 411 g/mol. The average Bonchev–Trinajstić information content (AvgIpc) is 2.72. The van der Waals surface area contributed by atoms with Gasteiger partial charge in [0, 0.05) is 21.7 Å². The summed E-state index contributed by atoms with van der Waals surface area (Å²) < 4.78 is 5.57. The minimum atomic E-state index is -0.00967. The van der Waals surface area contributed by atoms with Crippen LogP contribution in [0.25, 0.3) is 22.3 Å². The number of ether oxygens (including phenoxy) is 1. The first-order chi connectivity index (χ1) is 13.8. The second-order valence-electron chi connectivity index (χ2n) is 7.02. The Morgan fingerprint density at radius 3 is 2.31 bits per heavy atom. The topological polar surface area (TPSA) is 88.1 Å². The molecule has 150 valence electrons. The van der Waals surface area contributed by atoms with Gasteiger partial charge in [0.15, 0.2) is 5.84 Å². The lowest BCUT2D eigenvalue weighted by Gasteiger charge is -2.20. The van der Waals surface area contributed by atoms with Crippen molar-refractivity contribution in [3.05, 3.63) is 70.7 Å². The monoisotopic (exact) mass is 410 g/mol. The van der Waals surface area contributed by atoms with Crippen LogP contribution >= 0.6 is 11.6 Å². The summed E-state index contributed by atoms with van der Waals surface area (Å²) in [6.45, 7) is 4.15. The molecule has 0 amide bonds. The van der Waals surface area contributed by atoms with E-state index in [-0.39, 0.29) is 17.5 Å². The minimum absolute atomic E-state index is 0.00967. The largest absolute Gasteiger partial charge is 0.508 e. The number of amidine groups is 1. The van der Waals surface area contributed by atoms with Crippen LogP contribution in [0.2, 0.25) is 5.02 Å². The Labute approximate surface area is 175 Å². The van der Waals surface area contributed by atoms with Crippen molar-refractivity contribution < 1.29 is 15.1 Å². The zero-order valence-electron chi connectivity index (χ0n) is 16.5. The zero-order valence-corrected chi connectivity index (χ0v) is 17.2. The number of rotatable bonds is 5. The third-order valence-corrected chi connectivity index (χ3v) is 5.06. The van der Waals surface area contributed by atoms with Gasteiger partial charge in [-0.15, -0.1) is 0 Å². The van der Waals surface area contributed by atoms with E-state index in [1.165, 1.54) is 0 Å². The van der Waals surface area contributed by atoms with Crippen molar-refractivity contribution >= 4 is 17.4 Å². The van der Waals surface area contributed by atoms with Gasteiger partial charge in [0.25, 0.3) is 0 Å². The minimum Gasteiger partial charge on any atom is -0.508 e. The van der Waals surface area contributed by atoms with E-state index in [2.05, 4.69) is 25.1 Å². The van der Waals surface area contributed by atoms with Crippen molar-refractivity contribution in [1.82, 2.24) is 0 Å². The molecule has 0 radical (unpaired) electrons. The fourth-order valence-corrected chi connectivity index (χ4v) is 3.46. The summed E-state index contributed by atoms with van der Waals surface area (Å²) in [5.41, 5.74) is 10.9. The Hall–Kier alpha value is -3.18. The molecule has 0 aliphatic rings. The van der Waals surface area contributed by atoms with Gasteiger partial charge >= 0.3 is 0 Å². The third kappa shape index (κ3) is 4.15. The molecule has 4 N–H and O–H groups in total. The smallest absolute Gasteiger partial charge is 0.170 e. The number of phenolic OH excluding ortho intramolecular Hbond substituents is 1. The predicted octanol–water partition coefficient (Wildman–Crippen LogP) is 5.61. The summed E-state index contributed by atoms with van der Waals surface area (Å²) in [6, 6.07) is 16.2. The van der Waals surface area contributed by atoms with Gasteiger partial charge in [0.2, 0.25) is 0 Å². The number of halogens is 1. The highest BCUT2D eigenvalue weighted by Crippen LogP contribution is 2.42. The summed E-state index contributed by atoms with van der Waals surface area (Å²) in [6.07, 6.45) is 0. The Balaban J connectivity index is 2.47. The van der Waals surface area contributed by atoms with E-state index >= 15 is 0 Å². The number of phenols is 1. The highest BCUT2D eigenvalue weighted by molar-refractivity contribution is 6.31. The molecule has 0 unspecified atom stereocenters. The van der Waals surface area contributed by atoms with Gasteiger partial charge in [0.1, 0.15) is 11.5 Å². The maximum absolute atomic E-state index is 9.72. The molecule has 0 fully saturated rings. The van der Waals surface area contributed by atoms with Crippen molar-refractivity contribution in [2.24, 2.45) is 10.9 Å². The van der Waals surface area contributed by atoms with Crippen LogP contribution in [0.3, 0.4) is 0 Å². The highest BCUT2D eigenvalue weighted by Gasteiger charge is 2.21. The van der Waals surface area contributed by atoms with Crippen molar-refractivity contribution in [2.45, 2.75) is 19.8 Å². The fraction of sp³-hybridized carbons (Fsp3) is 0.174. The molecular formula is C23H23ClN2O3. The zero-order chi connectivity index (χ0) is 21.1. The Kier molecular flexibility index (Phi) is 5.99. The first-order valence-electron chi connectivity index (χ1n) is 9.14. The Morgan fingerprint density at radius 2 is 1.72 bits per heavy atom. The SMILES string of the molecule is COc1ccc(Cl)cc1-c1c(/C(N)=N/O)cc(C(C)C)cc1-c1ccc(O)cc1. The third-order valence-electron chi connectivity index (χ3n) is 4.82. The van der Waals surface area contributed by atoms with E-state index in [0.29, 0.717) is 16.3 Å². The van der Waals surface area contributed by atoms with Crippen molar-refractivity contribution in [3.8, 4) is 33.8 Å². The molecule has 0 atom stereocenters. The molecule has 0 heterocycles. The second-order valence-corrected chi connectivity index (χ2v) is 7.46. The standard InChI is InChI=1S/C23H23ClN2O3/c1-13(2)15-10-18(14-4-7-17(27)8-5-14)22(20(11-15)23(25)26-28)19-12-16(24)6-9-21(19)29-3/h4-13,27-28H,1-3H3,(H2,25,26). The molecule has 0 saturated carbocycles. The molecule has 6 heteroatoms. The van der Waals surface area contributed by atoms with Gasteiger partial charge in [-0.05, 0) is 59.0 Å². The highest BCUT2D eigenvalue weighted by atomic mass is 35.5. The van der Waals surface area contributed by atoms with Gasteiger partial charge < -0.3 is 20.8 Å². The molecule has 0 bridgehead atoms. The molecule has 0 aliphatic carbocycles. The molecule has 0 saturated heterocycles. The lowest BCUT2D eigenvalue weighted by Crippen LogP contribution is -2.16. The first kappa shape index (κ1) is 20.6. The molecule has 0 aromatic heterocycles. The fourth-order valence-electron chi connectivity index (χ4n) is 3.29. The summed E-state index contributed by atoms with van der Waals surface area (Å²) in [5.74, 6) is 0.988. The molecule has 0 aliphatic heterocycles. The number of nitrogens with two attached hydrogens (primary N) is 1. The van der Waals surface area contributed by atoms with Crippen LogP contribution in [0, 0.1) is 0 Å². The van der Waals surface area contributed by atoms with Crippen LogP contribution in [0.1, 0.15) is 30.9 Å². The quantitative estimate of drug-likeness (QED) is 0.221. The van der Waals surface area contributed by atoms with E-state index in [0.717, 1.165) is 27.8 Å². The Morgan fingerprint density at radius 1 is 1.03 bits per heavy atom. The van der Waals surface area contributed by atoms with E-state index in [9.17, 15) is 10.3 Å². The van der Waals surface area contributed by atoms with Gasteiger partial charge in [-0.1, -0.05) is 48.8 Å². The molecule has 3 aromatic carbocycles. The van der Waals surface area contributed by atoms with Gasteiger partial charge in [-0.2, -0.15) is 0 Å². The number of benzene rings is 3. The number of oxime groups is 1. The lowest BCUT2D eigenvalue weighted by molar-refractivity contribution is 0.318. The maximum atomic E-state index is 9.72. The maximum Gasteiger partial charge on any atom is 0.170 e. The molecular weight excluding hydrogens is 388 g/mol. The van der Waals surface area contributed by atoms with Crippen molar-refractivity contribution in [3.63, 3.8) is 0 Å². The van der Waals surface area contributed by atoms with Gasteiger partial charge in [0.05, 0.1) is 7.11 Å². The lowest BCUT2D eigenvalue weighted by atomic mass is 9.85. The van der Waals surface area contributed by atoms with Crippen molar-refractivity contribution in [2.75, 3.05) is 7.11 Å². The van der Waals surface area contributed by atoms with E-state index < -0.39 is 0 Å². The molecule has 0 spiro atoms. The number of aromatic hydroxyl groups is 1. The number of nitrogens with zero attached hydrogens (tertiary/aromatic N) is 1. The van der Waals surface area contributed by atoms with Crippen molar-refractivity contribution in [1.29, 1.82) is 0 Å². The molecule has 29 heavy (non-hydrogen) atoms. The molecule has 3 rings (SSSR count). The van der Waals surface area contributed by atoms with E-state index in [4.69, 9.17) is 22.1 Å². The predicted molar refractivity (Wildman–Crippen MR) is 117 cm³/mol. The summed E-state index contributed by atoms with van der Waals surface area (Å²) in [5, 5.41) is 23.0. The van der Waals surface area contributed by atoms with Gasteiger partial charge in [-0.25, -0.2) is 0 Å². The molecule has 5 nitrogen and oxygen atoms in total. The van der Waals surface area contributed by atoms with Crippen LogP contribution in [-0.4, -0.2) is 23.3 Å². The van der Waals surface area contributed by atoms with Crippen LogP contribution in [0.15, 0.2) is 59.8 Å². The second kappa shape index (κ2) is 8.45.